The molecule has 1 aliphatic heterocycles. The molecule has 0 aliphatic carbocycles. The van der Waals surface area contributed by atoms with Crippen LogP contribution in [0, 0.1) is 6.92 Å². The molecular formula is C19H21ClN6O2. The summed E-state index contributed by atoms with van der Waals surface area (Å²) >= 11 is 6.11. The quantitative estimate of drug-likeness (QED) is 0.667. The van der Waals surface area contributed by atoms with Crippen molar-refractivity contribution in [1.82, 2.24) is 24.6 Å². The van der Waals surface area contributed by atoms with Gasteiger partial charge in [0.1, 0.15) is 18.6 Å². The maximum absolute atomic E-state index is 12.8. The summed E-state index contributed by atoms with van der Waals surface area (Å²) in [6.07, 6.45) is 3.20. The van der Waals surface area contributed by atoms with Gasteiger partial charge in [-0.2, -0.15) is 5.10 Å². The number of halogens is 1. The number of rotatable bonds is 4. The summed E-state index contributed by atoms with van der Waals surface area (Å²) in [6, 6.07) is 5.74. The second kappa shape index (κ2) is 7.63. The number of anilines is 1. The van der Waals surface area contributed by atoms with Gasteiger partial charge in [-0.15, -0.1) is 0 Å². The lowest BCUT2D eigenvalue weighted by molar-refractivity contribution is -0.132. The van der Waals surface area contributed by atoms with E-state index in [4.69, 9.17) is 16.3 Å². The van der Waals surface area contributed by atoms with Crippen molar-refractivity contribution in [2.45, 2.75) is 13.5 Å². The number of hydrogen-bond acceptors (Lipinski definition) is 6. The molecule has 4 rings (SSSR count). The summed E-state index contributed by atoms with van der Waals surface area (Å²) in [5.41, 5.74) is 2.55. The summed E-state index contributed by atoms with van der Waals surface area (Å²) in [6.45, 7) is 4.87. The number of benzene rings is 1. The van der Waals surface area contributed by atoms with Crippen LogP contribution in [0.4, 0.5) is 5.69 Å². The molecule has 1 aliphatic rings. The molecule has 0 atom stereocenters. The molecule has 1 fully saturated rings. The smallest absolute Gasteiger partial charge is 0.244 e. The van der Waals surface area contributed by atoms with Crippen molar-refractivity contribution in [3.63, 3.8) is 0 Å². The molecule has 28 heavy (non-hydrogen) atoms. The number of methoxy groups -OCH3 is 1. The highest BCUT2D eigenvalue weighted by Gasteiger charge is 2.23. The second-order valence-electron chi connectivity index (χ2n) is 6.69. The van der Waals surface area contributed by atoms with Crippen LogP contribution < -0.4 is 9.64 Å². The van der Waals surface area contributed by atoms with E-state index >= 15 is 0 Å². The van der Waals surface area contributed by atoms with Crippen molar-refractivity contribution in [3.05, 3.63) is 41.4 Å². The monoisotopic (exact) mass is 400 g/mol. The zero-order valence-corrected chi connectivity index (χ0v) is 16.6. The SMILES string of the molecule is COc1cc(N2CCN(C(=O)Cn3nc(C)c4cncnc43)CC2)ccc1Cl. The first kappa shape index (κ1) is 18.5. The summed E-state index contributed by atoms with van der Waals surface area (Å²) in [5, 5.41) is 5.90. The fourth-order valence-electron chi connectivity index (χ4n) is 3.46. The Morgan fingerprint density at radius 2 is 2.04 bits per heavy atom. The van der Waals surface area contributed by atoms with E-state index in [2.05, 4.69) is 20.0 Å². The Labute approximate surface area is 167 Å². The largest absolute Gasteiger partial charge is 0.495 e. The van der Waals surface area contributed by atoms with Gasteiger partial charge in [0.15, 0.2) is 5.65 Å². The third-order valence-electron chi connectivity index (χ3n) is 5.01. The van der Waals surface area contributed by atoms with Crippen LogP contribution in [-0.4, -0.2) is 63.8 Å². The number of fused-ring (bicyclic) bond motifs is 1. The summed E-state index contributed by atoms with van der Waals surface area (Å²) in [7, 11) is 1.60. The van der Waals surface area contributed by atoms with Crippen LogP contribution in [-0.2, 0) is 11.3 Å². The molecule has 2 aromatic heterocycles. The molecule has 0 bridgehead atoms. The Morgan fingerprint density at radius 3 is 2.79 bits per heavy atom. The van der Waals surface area contributed by atoms with Gasteiger partial charge in [-0.05, 0) is 19.1 Å². The number of amides is 1. The van der Waals surface area contributed by atoms with Crippen LogP contribution in [0.2, 0.25) is 5.02 Å². The van der Waals surface area contributed by atoms with Crippen LogP contribution in [0.1, 0.15) is 5.69 Å². The summed E-state index contributed by atoms with van der Waals surface area (Å²) in [4.78, 5) is 25.2. The Hall–Kier alpha value is -2.87. The normalized spacial score (nSPS) is 14.5. The maximum atomic E-state index is 12.8. The van der Waals surface area contributed by atoms with E-state index in [-0.39, 0.29) is 12.5 Å². The summed E-state index contributed by atoms with van der Waals surface area (Å²) in [5.74, 6) is 0.692. The molecule has 0 spiro atoms. The molecule has 0 N–H and O–H groups in total. The highest BCUT2D eigenvalue weighted by atomic mass is 35.5. The summed E-state index contributed by atoms with van der Waals surface area (Å²) < 4.78 is 6.95. The number of piperazine rings is 1. The molecule has 3 heterocycles. The van der Waals surface area contributed by atoms with E-state index in [0.717, 1.165) is 29.9 Å². The topological polar surface area (TPSA) is 76.4 Å². The zero-order valence-electron chi connectivity index (χ0n) is 15.8. The molecule has 1 aromatic carbocycles. The van der Waals surface area contributed by atoms with Crippen LogP contribution >= 0.6 is 11.6 Å². The van der Waals surface area contributed by atoms with Crippen molar-refractivity contribution >= 4 is 34.2 Å². The van der Waals surface area contributed by atoms with Gasteiger partial charge in [-0.1, -0.05) is 11.6 Å². The van der Waals surface area contributed by atoms with E-state index in [1.165, 1.54) is 6.33 Å². The average molecular weight is 401 g/mol. The maximum Gasteiger partial charge on any atom is 0.244 e. The van der Waals surface area contributed by atoms with Gasteiger partial charge in [0, 0.05) is 44.1 Å². The van der Waals surface area contributed by atoms with E-state index in [9.17, 15) is 4.79 Å². The minimum atomic E-state index is 0.0383. The number of aromatic nitrogens is 4. The van der Waals surface area contributed by atoms with Crippen LogP contribution in [0.5, 0.6) is 5.75 Å². The minimum absolute atomic E-state index is 0.0383. The first-order valence-corrected chi connectivity index (χ1v) is 9.44. The molecule has 146 valence electrons. The predicted octanol–water partition coefficient (Wildman–Crippen LogP) is 2.15. The van der Waals surface area contributed by atoms with Gasteiger partial charge in [-0.25, -0.2) is 14.6 Å². The van der Waals surface area contributed by atoms with Gasteiger partial charge in [0.2, 0.25) is 5.91 Å². The molecular weight excluding hydrogens is 380 g/mol. The van der Waals surface area contributed by atoms with Gasteiger partial charge >= 0.3 is 0 Å². The van der Waals surface area contributed by atoms with Crippen molar-refractivity contribution < 1.29 is 9.53 Å². The Morgan fingerprint density at radius 1 is 1.25 bits per heavy atom. The molecule has 9 heteroatoms. The highest BCUT2D eigenvalue weighted by molar-refractivity contribution is 6.32. The number of nitrogens with zero attached hydrogens (tertiary/aromatic N) is 6. The average Bonchev–Trinajstić information content (AvgIpc) is 3.04. The lowest BCUT2D eigenvalue weighted by Crippen LogP contribution is -2.49. The lowest BCUT2D eigenvalue weighted by Gasteiger charge is -2.36. The van der Waals surface area contributed by atoms with Crippen LogP contribution in [0.15, 0.2) is 30.7 Å². The van der Waals surface area contributed by atoms with E-state index in [0.29, 0.717) is 29.5 Å². The molecule has 8 nitrogen and oxygen atoms in total. The predicted molar refractivity (Wildman–Crippen MR) is 107 cm³/mol. The molecule has 1 saturated heterocycles. The number of hydrogen-bond donors (Lipinski definition) is 0. The standard InChI is InChI=1S/C19H21ClN6O2/c1-13-15-10-21-12-22-19(15)26(23-13)11-18(27)25-7-5-24(6-8-25)14-3-4-16(20)17(9-14)28-2/h3-4,9-10,12H,5-8,11H2,1-2H3. The van der Waals surface area contributed by atoms with Crippen LogP contribution in [0.25, 0.3) is 11.0 Å². The zero-order chi connectivity index (χ0) is 19.7. The highest BCUT2D eigenvalue weighted by Crippen LogP contribution is 2.29. The number of carbonyl (C=O) groups excluding carboxylic acids is 1. The van der Waals surface area contributed by atoms with Crippen molar-refractivity contribution in [2.24, 2.45) is 0 Å². The third-order valence-corrected chi connectivity index (χ3v) is 5.33. The van der Waals surface area contributed by atoms with Crippen LogP contribution in [0.3, 0.4) is 0 Å². The number of aryl methyl sites for hydroxylation is 1. The third kappa shape index (κ3) is 3.47. The molecule has 3 aromatic rings. The molecule has 0 radical (unpaired) electrons. The van der Waals surface area contributed by atoms with E-state index in [1.54, 1.807) is 18.0 Å². The Balaban J connectivity index is 1.41. The van der Waals surface area contributed by atoms with Crippen molar-refractivity contribution in [1.29, 1.82) is 0 Å². The van der Waals surface area contributed by atoms with Crippen molar-refractivity contribution in [3.8, 4) is 5.75 Å². The molecule has 0 saturated carbocycles. The number of carbonyl (C=O) groups is 1. The Kier molecular flexibility index (Phi) is 5.04. The van der Waals surface area contributed by atoms with Gasteiger partial charge in [0.25, 0.3) is 0 Å². The minimum Gasteiger partial charge on any atom is -0.495 e. The first-order valence-electron chi connectivity index (χ1n) is 9.06. The lowest BCUT2D eigenvalue weighted by atomic mass is 10.2. The first-order chi connectivity index (χ1) is 13.6. The van der Waals surface area contributed by atoms with E-state index in [1.807, 2.05) is 30.0 Å². The fraction of sp³-hybridized carbons (Fsp3) is 0.368. The van der Waals surface area contributed by atoms with E-state index < -0.39 is 0 Å². The van der Waals surface area contributed by atoms with Crippen molar-refractivity contribution in [2.75, 3.05) is 38.2 Å². The number of ether oxygens (including phenoxy) is 1. The molecule has 0 unspecified atom stereocenters. The van der Waals surface area contributed by atoms with Gasteiger partial charge < -0.3 is 14.5 Å². The van der Waals surface area contributed by atoms with Gasteiger partial charge in [0.05, 0.1) is 23.2 Å². The Bertz CT molecular complexity index is 1010. The van der Waals surface area contributed by atoms with Gasteiger partial charge in [-0.3, -0.25) is 4.79 Å². The fourth-order valence-corrected chi connectivity index (χ4v) is 3.66. The molecule has 1 amide bonds. The second-order valence-corrected chi connectivity index (χ2v) is 7.10.